The van der Waals surface area contributed by atoms with Crippen LogP contribution in [0, 0.1) is 76.4 Å². The van der Waals surface area contributed by atoms with Crippen LogP contribution in [0.4, 0.5) is 17.1 Å². The molecule has 0 aromatic heterocycles. The molecule has 5 aliphatic carbocycles. The quantitative estimate of drug-likeness (QED) is 0.0947. The zero-order valence-electron chi connectivity index (χ0n) is 38.4. The van der Waals surface area contributed by atoms with E-state index in [4.69, 9.17) is 20.9 Å². The summed E-state index contributed by atoms with van der Waals surface area (Å²) in [6.07, 6.45) is 19.3. The van der Waals surface area contributed by atoms with Crippen LogP contribution in [-0.2, 0) is 9.59 Å². The molecule has 0 aliphatic heterocycles. The van der Waals surface area contributed by atoms with Crippen molar-refractivity contribution in [3.8, 4) is 11.5 Å². The third-order valence-corrected chi connectivity index (χ3v) is 16.9. The number of esters is 2. The number of carbonyl (C=O) groups is 2. The fourth-order valence-electron chi connectivity index (χ4n) is 12.7. The standard InChI is InChI=1S/C34H52N2O2.C18H27NO2/c1-21(2)7-6-8-22(3)27-12-13-28-26-11-9-24-19-23(32(37)38-31-14-10-25(35)20-30(31)36)15-17-33(24,4)29(26)16-18-34(27,28)5;1-12-6-7-16(15(10-12)19-5)21-17(20)14-8-9-18(3,4)13(2)11-14/h9-10,14,20-23,26-29H,6-8,11-13,15-19,35-36H2,1-5H3;6-7,10,13-14,19H,8-9,11H2,1-5H3. The first-order valence-electron chi connectivity index (χ1n) is 23.4. The Labute approximate surface area is 357 Å². The Morgan fingerprint density at radius 1 is 0.831 bits per heavy atom. The summed E-state index contributed by atoms with van der Waals surface area (Å²) in [5.74, 6) is 6.32. The van der Waals surface area contributed by atoms with Gasteiger partial charge in [0, 0.05) is 12.7 Å². The van der Waals surface area contributed by atoms with Crippen LogP contribution in [0.15, 0.2) is 48.0 Å². The van der Waals surface area contributed by atoms with Gasteiger partial charge in [0.1, 0.15) is 0 Å². The van der Waals surface area contributed by atoms with E-state index in [-0.39, 0.29) is 29.2 Å². The minimum absolute atomic E-state index is 0.0269. The molecule has 4 saturated carbocycles. The van der Waals surface area contributed by atoms with E-state index in [0.29, 0.717) is 39.6 Å². The summed E-state index contributed by atoms with van der Waals surface area (Å²) in [7, 11) is 1.84. The van der Waals surface area contributed by atoms with Crippen LogP contribution in [0.1, 0.15) is 151 Å². The van der Waals surface area contributed by atoms with Crippen molar-refractivity contribution in [2.24, 2.45) is 69.5 Å². The first kappa shape index (κ1) is 45.1. The number of hydrogen-bond donors (Lipinski definition) is 3. The number of hydrogen-bond acceptors (Lipinski definition) is 7. The Balaban J connectivity index is 0.000000236. The lowest BCUT2D eigenvalue weighted by molar-refractivity contribution is -0.142. The van der Waals surface area contributed by atoms with Crippen LogP contribution in [-0.4, -0.2) is 19.0 Å². The molecule has 10 atom stereocenters. The molecule has 0 saturated heterocycles. The molecule has 0 spiro atoms. The van der Waals surface area contributed by atoms with Crippen LogP contribution < -0.4 is 26.3 Å². The molecule has 2 aromatic carbocycles. The fourth-order valence-corrected chi connectivity index (χ4v) is 12.7. The average molecular weight is 810 g/mol. The Hall–Kier alpha value is -3.48. The molecule has 59 heavy (non-hydrogen) atoms. The van der Waals surface area contributed by atoms with Crippen molar-refractivity contribution in [1.29, 1.82) is 0 Å². The van der Waals surface area contributed by atoms with Gasteiger partial charge in [-0.05, 0) is 171 Å². The summed E-state index contributed by atoms with van der Waals surface area (Å²) in [5, 5.41) is 3.09. The van der Waals surface area contributed by atoms with Crippen molar-refractivity contribution < 1.29 is 19.1 Å². The van der Waals surface area contributed by atoms with E-state index in [2.05, 4.69) is 66.8 Å². The van der Waals surface area contributed by atoms with Crippen molar-refractivity contribution >= 4 is 29.0 Å². The van der Waals surface area contributed by atoms with Gasteiger partial charge in [-0.2, -0.15) is 0 Å². The van der Waals surface area contributed by atoms with Crippen molar-refractivity contribution in [2.45, 2.75) is 152 Å². The van der Waals surface area contributed by atoms with Gasteiger partial charge >= 0.3 is 11.9 Å². The number of ether oxygens (including phenoxy) is 2. The van der Waals surface area contributed by atoms with Crippen LogP contribution in [0.25, 0.3) is 0 Å². The normalized spacial score (nSPS) is 32.6. The SMILES string of the molecule is CC(C)CCCC(C)C1CCC2C3CC=C4CC(C(=O)Oc5ccc(N)cc5N)CCC4(C)C3CCC12C.CNc1cc(C)ccc1OC(=O)C1CCC(C)(C)C(C)C1. The van der Waals surface area contributed by atoms with E-state index in [1.165, 1.54) is 56.9 Å². The molecule has 326 valence electrons. The maximum absolute atomic E-state index is 13.1. The highest BCUT2D eigenvalue weighted by molar-refractivity contribution is 5.78. The van der Waals surface area contributed by atoms with Gasteiger partial charge in [0.05, 0.1) is 23.2 Å². The summed E-state index contributed by atoms with van der Waals surface area (Å²) in [4.78, 5) is 25.6. The van der Waals surface area contributed by atoms with E-state index < -0.39 is 0 Å². The summed E-state index contributed by atoms with van der Waals surface area (Å²) < 4.78 is 11.4. The van der Waals surface area contributed by atoms with Crippen LogP contribution in [0.2, 0.25) is 0 Å². The minimum atomic E-state index is -0.146. The number of aryl methyl sites for hydroxylation is 1. The van der Waals surface area contributed by atoms with Crippen LogP contribution >= 0.6 is 0 Å². The maximum atomic E-state index is 13.1. The summed E-state index contributed by atoms with van der Waals surface area (Å²) in [5.41, 5.74) is 17.5. The number of rotatable bonds is 10. The summed E-state index contributed by atoms with van der Waals surface area (Å²) >= 11 is 0. The molecule has 5 N–H and O–H groups in total. The van der Waals surface area contributed by atoms with Gasteiger partial charge in [-0.3, -0.25) is 9.59 Å². The lowest BCUT2D eigenvalue weighted by atomic mass is 9.46. The number of anilines is 3. The van der Waals surface area contributed by atoms with E-state index in [0.717, 1.165) is 85.3 Å². The van der Waals surface area contributed by atoms with Crippen molar-refractivity contribution in [3.63, 3.8) is 0 Å². The number of fused-ring (bicyclic) bond motifs is 5. The molecular weight excluding hydrogens is 731 g/mol. The van der Waals surface area contributed by atoms with Crippen LogP contribution in [0.3, 0.4) is 0 Å². The van der Waals surface area contributed by atoms with E-state index in [9.17, 15) is 9.59 Å². The van der Waals surface area contributed by atoms with Gasteiger partial charge in [-0.25, -0.2) is 0 Å². The lowest BCUT2D eigenvalue weighted by Gasteiger charge is -2.58. The summed E-state index contributed by atoms with van der Waals surface area (Å²) in [6, 6.07) is 10.9. The Bertz CT molecular complexity index is 1830. The second-order valence-corrected chi connectivity index (χ2v) is 21.5. The Morgan fingerprint density at radius 2 is 1.53 bits per heavy atom. The number of benzene rings is 2. The fraction of sp³-hybridized carbons (Fsp3) is 0.692. The number of allylic oxidation sites excluding steroid dienone is 2. The molecular formula is C52H79N3O4. The Kier molecular flexibility index (Phi) is 13.9. The molecule has 7 nitrogen and oxygen atoms in total. The molecule has 0 heterocycles. The first-order valence-corrected chi connectivity index (χ1v) is 23.4. The van der Waals surface area contributed by atoms with Gasteiger partial charge < -0.3 is 26.3 Å². The predicted octanol–water partition coefficient (Wildman–Crippen LogP) is 12.8. The number of nitrogens with one attached hydrogen (secondary N) is 1. The first-order chi connectivity index (χ1) is 27.9. The minimum Gasteiger partial charge on any atom is -0.424 e. The van der Waals surface area contributed by atoms with Crippen molar-refractivity contribution in [1.82, 2.24) is 0 Å². The molecule has 0 radical (unpaired) electrons. The van der Waals surface area contributed by atoms with E-state index in [1.54, 1.807) is 18.2 Å². The number of carbonyl (C=O) groups excluding carboxylic acids is 2. The van der Waals surface area contributed by atoms with Crippen LogP contribution in [0.5, 0.6) is 11.5 Å². The predicted molar refractivity (Wildman–Crippen MR) is 244 cm³/mol. The maximum Gasteiger partial charge on any atom is 0.314 e. The van der Waals surface area contributed by atoms with Gasteiger partial charge in [-0.15, -0.1) is 0 Å². The molecule has 7 rings (SSSR count). The van der Waals surface area contributed by atoms with Crippen molar-refractivity contribution in [2.75, 3.05) is 23.8 Å². The van der Waals surface area contributed by atoms with Gasteiger partial charge in [0.25, 0.3) is 0 Å². The third kappa shape index (κ3) is 9.70. The van der Waals surface area contributed by atoms with Crippen molar-refractivity contribution in [3.05, 3.63) is 53.6 Å². The topological polar surface area (TPSA) is 117 Å². The number of nitrogen functional groups attached to an aromatic ring is 2. The second-order valence-electron chi connectivity index (χ2n) is 21.5. The lowest BCUT2D eigenvalue weighted by Crippen LogP contribution is -2.50. The van der Waals surface area contributed by atoms with E-state index >= 15 is 0 Å². The molecule has 0 bridgehead atoms. The monoisotopic (exact) mass is 810 g/mol. The Morgan fingerprint density at radius 3 is 2.22 bits per heavy atom. The average Bonchev–Trinajstić information content (AvgIpc) is 3.54. The number of nitrogens with two attached hydrogens (primary N) is 2. The molecule has 0 amide bonds. The van der Waals surface area contributed by atoms with Gasteiger partial charge in [-0.1, -0.05) is 92.4 Å². The highest BCUT2D eigenvalue weighted by Crippen LogP contribution is 2.67. The smallest absolute Gasteiger partial charge is 0.314 e. The molecule has 10 unspecified atom stereocenters. The molecule has 2 aromatic rings. The largest absolute Gasteiger partial charge is 0.424 e. The van der Waals surface area contributed by atoms with Gasteiger partial charge in [0.2, 0.25) is 0 Å². The molecule has 5 aliphatic rings. The summed E-state index contributed by atoms with van der Waals surface area (Å²) in [6.45, 7) is 21.3. The second kappa shape index (κ2) is 18.2. The highest BCUT2D eigenvalue weighted by Gasteiger charge is 2.59. The zero-order valence-corrected chi connectivity index (χ0v) is 38.4. The molecule has 4 fully saturated rings. The van der Waals surface area contributed by atoms with Gasteiger partial charge in [0.15, 0.2) is 11.5 Å². The third-order valence-electron chi connectivity index (χ3n) is 16.9. The molecule has 7 heteroatoms. The zero-order chi connectivity index (χ0) is 42.9. The van der Waals surface area contributed by atoms with E-state index in [1.807, 2.05) is 32.2 Å². The highest BCUT2D eigenvalue weighted by atomic mass is 16.5.